The third kappa shape index (κ3) is 4.44. The molecule has 0 unspecified atom stereocenters. The van der Waals surface area contributed by atoms with Gasteiger partial charge in [0.25, 0.3) is 10.0 Å². The van der Waals surface area contributed by atoms with E-state index < -0.39 is 10.0 Å². The molecule has 4 aromatic rings. The highest BCUT2D eigenvalue weighted by molar-refractivity contribution is 7.89. The van der Waals surface area contributed by atoms with Crippen LogP contribution in [0.4, 0.5) is 4.39 Å². The molecule has 31 heavy (non-hydrogen) atoms. The first kappa shape index (κ1) is 20.6. The number of ether oxygens (including phenoxy) is 2. The van der Waals surface area contributed by atoms with E-state index in [4.69, 9.17) is 9.47 Å². The topological polar surface area (TPSA) is 70.4 Å². The van der Waals surface area contributed by atoms with Crippen molar-refractivity contribution in [2.24, 2.45) is 0 Å². The minimum Gasteiger partial charge on any atom is -0.497 e. The summed E-state index contributed by atoms with van der Waals surface area (Å²) in [6, 6.07) is 20.9. The predicted octanol–water partition coefficient (Wildman–Crippen LogP) is 4.51. The van der Waals surface area contributed by atoms with Crippen molar-refractivity contribution >= 4 is 10.0 Å². The maximum Gasteiger partial charge on any atom is 0.282 e. The van der Waals surface area contributed by atoms with Crippen LogP contribution in [-0.2, 0) is 16.6 Å². The molecule has 0 aliphatic heterocycles. The third-order valence-corrected chi connectivity index (χ3v) is 6.20. The minimum atomic E-state index is -3.85. The fourth-order valence-corrected chi connectivity index (χ4v) is 4.10. The second-order valence-corrected chi connectivity index (χ2v) is 8.46. The smallest absolute Gasteiger partial charge is 0.282 e. The summed E-state index contributed by atoms with van der Waals surface area (Å²) in [5, 5.41) is 4.27. The van der Waals surface area contributed by atoms with Crippen LogP contribution in [0.15, 0.2) is 90.0 Å². The van der Waals surface area contributed by atoms with Crippen molar-refractivity contribution in [1.82, 2.24) is 9.19 Å². The fraction of sp³-hybridized carbons (Fsp3) is 0.0870. The SMILES string of the molecule is COc1ccc(S(=O)(=O)n2ccc(-c3ccccc3OCc3ccc(F)cc3)n2)cc1. The standard InChI is InChI=1S/C23H19FN2O4S/c1-29-19-10-12-20(13-11-19)31(27,28)26-15-14-22(25-26)21-4-2-3-5-23(21)30-16-17-6-8-18(24)9-7-17/h2-15H,16H2,1H3. The highest BCUT2D eigenvalue weighted by Gasteiger charge is 2.19. The second-order valence-electron chi connectivity index (χ2n) is 6.67. The van der Waals surface area contributed by atoms with Crippen LogP contribution in [0.1, 0.15) is 5.56 Å². The molecule has 0 fully saturated rings. The molecule has 158 valence electrons. The van der Waals surface area contributed by atoms with Crippen LogP contribution < -0.4 is 9.47 Å². The summed E-state index contributed by atoms with van der Waals surface area (Å²) in [6.45, 7) is 0.238. The summed E-state index contributed by atoms with van der Waals surface area (Å²) in [7, 11) is -2.34. The van der Waals surface area contributed by atoms with Crippen LogP contribution in [0.5, 0.6) is 11.5 Å². The molecule has 0 bridgehead atoms. The Morgan fingerprint density at radius 1 is 0.935 bits per heavy atom. The maximum absolute atomic E-state index is 13.1. The Hall–Kier alpha value is -3.65. The number of para-hydroxylation sites is 1. The van der Waals surface area contributed by atoms with E-state index in [0.29, 0.717) is 22.8 Å². The van der Waals surface area contributed by atoms with Gasteiger partial charge in [-0.3, -0.25) is 0 Å². The van der Waals surface area contributed by atoms with Crippen molar-refractivity contribution in [2.45, 2.75) is 11.5 Å². The van der Waals surface area contributed by atoms with E-state index in [1.165, 1.54) is 37.6 Å². The Morgan fingerprint density at radius 2 is 1.65 bits per heavy atom. The van der Waals surface area contributed by atoms with Crippen LogP contribution in [0, 0.1) is 5.82 Å². The van der Waals surface area contributed by atoms with Gasteiger partial charge in [-0.05, 0) is 60.2 Å². The van der Waals surface area contributed by atoms with Crippen LogP contribution >= 0.6 is 0 Å². The van der Waals surface area contributed by atoms with E-state index in [-0.39, 0.29) is 17.3 Å². The summed E-state index contributed by atoms with van der Waals surface area (Å²) < 4.78 is 50.8. The quantitative estimate of drug-likeness (QED) is 0.425. The van der Waals surface area contributed by atoms with Gasteiger partial charge in [-0.1, -0.05) is 24.3 Å². The number of nitrogens with zero attached hydrogens (tertiary/aromatic N) is 2. The van der Waals surface area contributed by atoms with Crippen LogP contribution in [0.2, 0.25) is 0 Å². The molecular weight excluding hydrogens is 419 g/mol. The summed E-state index contributed by atoms with van der Waals surface area (Å²) in [5.41, 5.74) is 1.91. The summed E-state index contributed by atoms with van der Waals surface area (Å²) in [4.78, 5) is 0.101. The normalized spacial score (nSPS) is 11.3. The number of rotatable bonds is 7. The van der Waals surface area contributed by atoms with E-state index in [9.17, 15) is 12.8 Å². The number of hydrogen-bond acceptors (Lipinski definition) is 5. The Morgan fingerprint density at radius 3 is 2.35 bits per heavy atom. The van der Waals surface area contributed by atoms with Crippen molar-refractivity contribution in [2.75, 3.05) is 7.11 Å². The van der Waals surface area contributed by atoms with Gasteiger partial charge in [-0.2, -0.15) is 17.6 Å². The molecule has 0 amide bonds. The fourth-order valence-electron chi connectivity index (χ4n) is 2.99. The summed E-state index contributed by atoms with van der Waals surface area (Å²) in [5.74, 6) is 0.791. The van der Waals surface area contributed by atoms with Crippen molar-refractivity contribution < 1.29 is 22.3 Å². The van der Waals surface area contributed by atoms with Crippen molar-refractivity contribution in [3.05, 3.63) is 96.4 Å². The predicted molar refractivity (Wildman–Crippen MR) is 114 cm³/mol. The minimum absolute atomic E-state index is 0.101. The van der Waals surface area contributed by atoms with Gasteiger partial charge >= 0.3 is 0 Å². The van der Waals surface area contributed by atoms with Gasteiger partial charge in [-0.15, -0.1) is 0 Å². The van der Waals surface area contributed by atoms with Crippen molar-refractivity contribution in [3.8, 4) is 22.8 Å². The van der Waals surface area contributed by atoms with Gasteiger partial charge in [0.05, 0.1) is 17.7 Å². The first-order chi connectivity index (χ1) is 15.0. The lowest BCUT2D eigenvalue weighted by atomic mass is 10.1. The van der Waals surface area contributed by atoms with E-state index in [1.807, 2.05) is 12.1 Å². The molecular formula is C23H19FN2O4S. The molecule has 8 heteroatoms. The highest BCUT2D eigenvalue weighted by Crippen LogP contribution is 2.30. The zero-order valence-electron chi connectivity index (χ0n) is 16.6. The average Bonchev–Trinajstić information content (AvgIpc) is 3.30. The molecule has 1 aromatic heterocycles. The monoisotopic (exact) mass is 438 g/mol. The molecule has 0 atom stereocenters. The van der Waals surface area contributed by atoms with E-state index >= 15 is 0 Å². The first-order valence-corrected chi connectivity index (χ1v) is 10.8. The molecule has 4 rings (SSSR count). The highest BCUT2D eigenvalue weighted by atomic mass is 32.2. The van der Waals surface area contributed by atoms with Gasteiger partial charge < -0.3 is 9.47 Å². The zero-order valence-corrected chi connectivity index (χ0v) is 17.4. The van der Waals surface area contributed by atoms with E-state index in [1.54, 1.807) is 42.5 Å². The summed E-state index contributed by atoms with van der Waals surface area (Å²) in [6.07, 6.45) is 1.39. The van der Waals surface area contributed by atoms with Crippen LogP contribution in [0.25, 0.3) is 11.3 Å². The lowest BCUT2D eigenvalue weighted by molar-refractivity contribution is 0.307. The van der Waals surface area contributed by atoms with E-state index in [0.717, 1.165) is 9.65 Å². The van der Waals surface area contributed by atoms with E-state index in [2.05, 4.69) is 5.10 Å². The Kier molecular flexibility index (Phi) is 5.73. The third-order valence-electron chi connectivity index (χ3n) is 4.64. The van der Waals surface area contributed by atoms with Crippen LogP contribution in [0.3, 0.4) is 0 Å². The zero-order chi connectivity index (χ0) is 21.8. The second kappa shape index (κ2) is 8.61. The summed E-state index contributed by atoms with van der Waals surface area (Å²) >= 11 is 0. The molecule has 0 saturated heterocycles. The van der Waals surface area contributed by atoms with Gasteiger partial charge in [0.1, 0.15) is 23.9 Å². The Balaban J connectivity index is 1.59. The number of methoxy groups -OCH3 is 1. The van der Waals surface area contributed by atoms with Gasteiger partial charge in [0.2, 0.25) is 0 Å². The first-order valence-electron chi connectivity index (χ1n) is 9.39. The molecule has 0 aliphatic carbocycles. The maximum atomic E-state index is 13.1. The lowest BCUT2D eigenvalue weighted by Crippen LogP contribution is -2.13. The lowest BCUT2D eigenvalue weighted by Gasteiger charge is -2.10. The average molecular weight is 438 g/mol. The largest absolute Gasteiger partial charge is 0.497 e. The molecule has 0 spiro atoms. The molecule has 3 aromatic carbocycles. The van der Waals surface area contributed by atoms with Gasteiger partial charge in [0.15, 0.2) is 0 Å². The van der Waals surface area contributed by atoms with Crippen molar-refractivity contribution in [1.29, 1.82) is 0 Å². The number of benzene rings is 3. The molecule has 1 heterocycles. The Labute approximate surface area is 179 Å². The molecule has 0 saturated carbocycles. The molecule has 0 N–H and O–H groups in total. The number of hydrogen-bond donors (Lipinski definition) is 0. The van der Waals surface area contributed by atoms with Crippen LogP contribution in [-0.4, -0.2) is 24.7 Å². The van der Waals surface area contributed by atoms with Gasteiger partial charge in [0, 0.05) is 11.8 Å². The molecule has 0 aliphatic rings. The number of halogens is 1. The van der Waals surface area contributed by atoms with Crippen molar-refractivity contribution in [3.63, 3.8) is 0 Å². The number of aromatic nitrogens is 2. The molecule has 0 radical (unpaired) electrons. The Bertz CT molecular complexity index is 1280. The van der Waals surface area contributed by atoms with Gasteiger partial charge in [-0.25, -0.2) is 4.39 Å². The molecule has 6 nitrogen and oxygen atoms in total.